The molecule has 0 atom stereocenters. The van der Waals surface area contributed by atoms with Gasteiger partial charge in [-0.05, 0) is 11.6 Å². The van der Waals surface area contributed by atoms with Crippen molar-refractivity contribution in [3.8, 4) is 34.5 Å². The molecule has 2 aromatic heterocycles. The number of nitrogens with one attached hydrogen (secondary N) is 1. The standard InChI is InChI=1S/C21H20N4O4.ClH/c1-26-8-9-28-19-11-17-15(10-18(19)27-2)21(23-13-22-17)29-20-12-16(24-25-20)14-6-4-3-5-7-14;/h3-7,10-13H,8-9H2,1-2H3,(H,24,25);1H. The van der Waals surface area contributed by atoms with E-state index < -0.39 is 0 Å². The van der Waals surface area contributed by atoms with Crippen molar-refractivity contribution in [3.05, 3.63) is 54.9 Å². The van der Waals surface area contributed by atoms with Crippen molar-refractivity contribution in [2.75, 3.05) is 27.4 Å². The summed E-state index contributed by atoms with van der Waals surface area (Å²) in [4.78, 5) is 8.58. The lowest BCUT2D eigenvalue weighted by Gasteiger charge is -2.12. The molecule has 0 aliphatic rings. The zero-order valence-corrected chi connectivity index (χ0v) is 17.3. The van der Waals surface area contributed by atoms with Gasteiger partial charge < -0.3 is 18.9 Å². The highest BCUT2D eigenvalue weighted by Crippen LogP contribution is 2.36. The van der Waals surface area contributed by atoms with E-state index in [0.717, 1.165) is 11.3 Å². The Labute approximate surface area is 179 Å². The van der Waals surface area contributed by atoms with Crippen molar-refractivity contribution < 1.29 is 18.9 Å². The van der Waals surface area contributed by atoms with Gasteiger partial charge in [-0.15, -0.1) is 17.5 Å². The summed E-state index contributed by atoms with van der Waals surface area (Å²) in [5.74, 6) is 1.92. The van der Waals surface area contributed by atoms with Crippen molar-refractivity contribution in [1.29, 1.82) is 0 Å². The van der Waals surface area contributed by atoms with Gasteiger partial charge in [-0.3, -0.25) is 5.10 Å². The van der Waals surface area contributed by atoms with Gasteiger partial charge >= 0.3 is 0 Å². The molecule has 8 nitrogen and oxygen atoms in total. The number of methoxy groups -OCH3 is 2. The second kappa shape index (κ2) is 9.91. The van der Waals surface area contributed by atoms with Crippen LogP contribution in [0.1, 0.15) is 0 Å². The third kappa shape index (κ3) is 4.61. The van der Waals surface area contributed by atoms with E-state index in [1.807, 2.05) is 36.4 Å². The summed E-state index contributed by atoms with van der Waals surface area (Å²) in [6.45, 7) is 0.880. The number of ether oxygens (including phenoxy) is 4. The normalized spacial score (nSPS) is 10.5. The summed E-state index contributed by atoms with van der Waals surface area (Å²) in [6.07, 6.45) is 1.44. The molecule has 9 heteroatoms. The lowest BCUT2D eigenvalue weighted by Crippen LogP contribution is -2.05. The molecule has 2 heterocycles. The monoisotopic (exact) mass is 428 g/mol. The first-order chi connectivity index (χ1) is 14.3. The van der Waals surface area contributed by atoms with Crippen LogP contribution in [0.2, 0.25) is 0 Å². The average Bonchev–Trinajstić information content (AvgIpc) is 3.23. The maximum absolute atomic E-state index is 5.92. The van der Waals surface area contributed by atoms with Crippen LogP contribution in [0.25, 0.3) is 22.2 Å². The zero-order chi connectivity index (χ0) is 20.1. The summed E-state index contributed by atoms with van der Waals surface area (Å²) < 4.78 is 22.1. The first kappa shape index (κ1) is 21.4. The van der Waals surface area contributed by atoms with Gasteiger partial charge in [0, 0.05) is 19.2 Å². The Kier molecular flexibility index (Phi) is 7.05. The van der Waals surface area contributed by atoms with Gasteiger partial charge in [0.25, 0.3) is 0 Å². The first-order valence-corrected chi connectivity index (χ1v) is 9.01. The Hall–Kier alpha value is -3.36. The number of fused-ring (bicyclic) bond motifs is 1. The molecular formula is C21H21ClN4O4. The Morgan fingerprint density at radius 3 is 2.53 bits per heavy atom. The minimum absolute atomic E-state index is 0. The number of hydrogen-bond acceptors (Lipinski definition) is 7. The summed E-state index contributed by atoms with van der Waals surface area (Å²) in [5.41, 5.74) is 2.54. The first-order valence-electron chi connectivity index (χ1n) is 9.01. The molecule has 2 aromatic carbocycles. The number of hydrogen-bond donors (Lipinski definition) is 1. The van der Waals surface area contributed by atoms with Crippen molar-refractivity contribution in [1.82, 2.24) is 20.2 Å². The maximum atomic E-state index is 5.92. The molecule has 0 bridgehead atoms. The van der Waals surface area contributed by atoms with E-state index in [9.17, 15) is 0 Å². The number of benzene rings is 2. The maximum Gasteiger partial charge on any atom is 0.240 e. The van der Waals surface area contributed by atoms with Crippen molar-refractivity contribution >= 4 is 23.3 Å². The summed E-state index contributed by atoms with van der Waals surface area (Å²) in [6, 6.07) is 15.3. The zero-order valence-electron chi connectivity index (χ0n) is 16.5. The van der Waals surface area contributed by atoms with Crippen molar-refractivity contribution in [2.45, 2.75) is 0 Å². The predicted octanol–water partition coefficient (Wildman–Crippen LogP) is 4.27. The van der Waals surface area contributed by atoms with Gasteiger partial charge in [0.05, 0.1) is 30.3 Å². The second-order valence-corrected chi connectivity index (χ2v) is 6.13. The molecule has 0 amide bonds. The molecule has 4 rings (SSSR count). The molecule has 0 radical (unpaired) electrons. The van der Waals surface area contributed by atoms with E-state index in [-0.39, 0.29) is 12.4 Å². The van der Waals surface area contributed by atoms with Gasteiger partial charge in [0.15, 0.2) is 11.5 Å². The molecule has 30 heavy (non-hydrogen) atoms. The highest BCUT2D eigenvalue weighted by molar-refractivity contribution is 5.87. The molecule has 0 aliphatic carbocycles. The van der Waals surface area contributed by atoms with Crippen LogP contribution in [0.4, 0.5) is 0 Å². The number of aromatic amines is 1. The fraction of sp³-hybridized carbons (Fsp3) is 0.190. The van der Waals surface area contributed by atoms with Gasteiger partial charge in [-0.2, -0.15) is 0 Å². The molecule has 0 spiro atoms. The van der Waals surface area contributed by atoms with Crippen molar-refractivity contribution in [2.24, 2.45) is 0 Å². The highest BCUT2D eigenvalue weighted by Gasteiger charge is 2.14. The van der Waals surface area contributed by atoms with Crippen LogP contribution in [0.3, 0.4) is 0 Å². The Morgan fingerprint density at radius 1 is 0.933 bits per heavy atom. The number of rotatable bonds is 8. The number of H-pyrrole nitrogens is 1. The number of halogens is 1. The molecule has 4 aromatic rings. The third-order valence-corrected chi connectivity index (χ3v) is 4.27. The van der Waals surface area contributed by atoms with E-state index >= 15 is 0 Å². The van der Waals surface area contributed by atoms with Gasteiger partial charge in [0.2, 0.25) is 11.8 Å². The van der Waals surface area contributed by atoms with E-state index in [4.69, 9.17) is 18.9 Å². The van der Waals surface area contributed by atoms with Gasteiger partial charge in [-0.1, -0.05) is 30.3 Å². The quantitative estimate of drug-likeness (QED) is 0.419. The van der Waals surface area contributed by atoms with Crippen LogP contribution in [-0.2, 0) is 4.74 Å². The lowest BCUT2D eigenvalue weighted by atomic mass is 10.2. The fourth-order valence-electron chi connectivity index (χ4n) is 2.85. The molecule has 0 fully saturated rings. The minimum atomic E-state index is 0. The molecule has 0 saturated carbocycles. The van der Waals surface area contributed by atoms with Crippen LogP contribution in [0.5, 0.6) is 23.3 Å². The van der Waals surface area contributed by atoms with Crippen LogP contribution in [0.15, 0.2) is 54.9 Å². The lowest BCUT2D eigenvalue weighted by molar-refractivity contribution is 0.144. The highest BCUT2D eigenvalue weighted by atomic mass is 35.5. The second-order valence-electron chi connectivity index (χ2n) is 6.13. The fourth-order valence-corrected chi connectivity index (χ4v) is 2.85. The summed E-state index contributed by atoms with van der Waals surface area (Å²) in [7, 11) is 3.20. The van der Waals surface area contributed by atoms with E-state index in [0.29, 0.717) is 47.4 Å². The predicted molar refractivity (Wildman–Crippen MR) is 115 cm³/mol. The van der Waals surface area contributed by atoms with Gasteiger partial charge in [0.1, 0.15) is 12.9 Å². The van der Waals surface area contributed by atoms with Gasteiger partial charge in [-0.25, -0.2) is 9.97 Å². The summed E-state index contributed by atoms with van der Waals surface area (Å²) >= 11 is 0. The van der Waals surface area contributed by atoms with Crippen LogP contribution in [0, 0.1) is 0 Å². The molecule has 0 aliphatic heterocycles. The largest absolute Gasteiger partial charge is 0.493 e. The van der Waals surface area contributed by atoms with E-state index in [1.54, 1.807) is 26.4 Å². The molecule has 0 saturated heterocycles. The Balaban J connectivity index is 0.00000256. The molecule has 0 unspecified atom stereocenters. The molecule has 1 N–H and O–H groups in total. The minimum Gasteiger partial charge on any atom is -0.493 e. The number of nitrogens with zero attached hydrogens (tertiary/aromatic N) is 3. The smallest absolute Gasteiger partial charge is 0.240 e. The van der Waals surface area contributed by atoms with E-state index in [2.05, 4.69) is 20.2 Å². The van der Waals surface area contributed by atoms with Crippen LogP contribution >= 0.6 is 12.4 Å². The van der Waals surface area contributed by atoms with Crippen molar-refractivity contribution in [3.63, 3.8) is 0 Å². The third-order valence-electron chi connectivity index (χ3n) is 4.27. The topological polar surface area (TPSA) is 91.4 Å². The summed E-state index contributed by atoms with van der Waals surface area (Å²) in [5, 5.41) is 7.89. The van der Waals surface area contributed by atoms with Crippen LogP contribution < -0.4 is 14.2 Å². The Bertz CT molecular complexity index is 1100. The Morgan fingerprint density at radius 2 is 1.77 bits per heavy atom. The SMILES string of the molecule is COCCOc1cc2ncnc(Oc3cc(-c4ccccc4)[nH]n3)c2cc1OC.Cl. The average molecular weight is 429 g/mol. The van der Waals surface area contributed by atoms with E-state index in [1.165, 1.54) is 6.33 Å². The van der Waals surface area contributed by atoms with Crippen LogP contribution in [-0.4, -0.2) is 47.6 Å². The molecule has 156 valence electrons. The molecular weight excluding hydrogens is 408 g/mol. The number of aromatic nitrogens is 4.